The van der Waals surface area contributed by atoms with E-state index in [-0.39, 0.29) is 5.91 Å². The van der Waals surface area contributed by atoms with E-state index in [9.17, 15) is 4.79 Å². The van der Waals surface area contributed by atoms with Crippen LogP contribution in [0.25, 0.3) is 22.3 Å². The molecule has 0 aliphatic rings. The Morgan fingerprint density at radius 1 is 0.818 bits per heavy atom. The molecule has 33 heavy (non-hydrogen) atoms. The Balaban J connectivity index is 1.50. The molecule has 0 saturated carbocycles. The number of aromatic nitrogens is 2. The third-order valence-electron chi connectivity index (χ3n) is 5.62. The monoisotopic (exact) mass is 439 g/mol. The van der Waals surface area contributed by atoms with E-state index in [0.717, 1.165) is 53.3 Å². The Kier molecular flexibility index (Phi) is 7.27. The summed E-state index contributed by atoms with van der Waals surface area (Å²) in [7, 11) is 0. The highest BCUT2D eigenvalue weighted by Crippen LogP contribution is 2.27. The quantitative estimate of drug-likeness (QED) is 0.349. The maximum absolute atomic E-state index is 12.3. The van der Waals surface area contributed by atoms with Gasteiger partial charge in [0.05, 0.1) is 5.52 Å². The number of nitrogens with one attached hydrogen (secondary N) is 2. The van der Waals surface area contributed by atoms with E-state index >= 15 is 0 Å². The van der Waals surface area contributed by atoms with Crippen LogP contribution < -0.4 is 10.6 Å². The third-order valence-corrected chi connectivity index (χ3v) is 5.62. The zero-order valence-corrected chi connectivity index (χ0v) is 19.1. The van der Waals surface area contributed by atoms with Gasteiger partial charge < -0.3 is 15.5 Å². The summed E-state index contributed by atoms with van der Waals surface area (Å²) in [4.78, 5) is 24.0. The maximum Gasteiger partial charge on any atom is 0.225 e. The number of anilines is 3. The van der Waals surface area contributed by atoms with Gasteiger partial charge in [0.15, 0.2) is 5.82 Å². The molecule has 1 heterocycles. The SMILES string of the molecule is CCN(CC)CCC(=O)Nc1ccc(Nc2nc(-c3ccccc3)nc3ccccc23)cc1. The van der Waals surface area contributed by atoms with Gasteiger partial charge in [0, 0.05) is 35.3 Å². The van der Waals surface area contributed by atoms with E-state index in [4.69, 9.17) is 9.97 Å². The Hall–Kier alpha value is -3.77. The molecule has 0 aliphatic carbocycles. The van der Waals surface area contributed by atoms with Crippen molar-refractivity contribution in [3.8, 4) is 11.4 Å². The molecule has 4 aromatic rings. The van der Waals surface area contributed by atoms with Crippen molar-refractivity contribution in [2.45, 2.75) is 20.3 Å². The summed E-state index contributed by atoms with van der Waals surface area (Å²) >= 11 is 0. The lowest BCUT2D eigenvalue weighted by atomic mass is 10.2. The molecule has 6 heteroatoms. The summed E-state index contributed by atoms with van der Waals surface area (Å²) in [5.41, 5.74) is 3.52. The first-order valence-corrected chi connectivity index (χ1v) is 11.4. The van der Waals surface area contributed by atoms with Crippen molar-refractivity contribution in [3.05, 3.63) is 78.9 Å². The van der Waals surface area contributed by atoms with E-state index in [1.54, 1.807) is 0 Å². The molecule has 1 amide bonds. The zero-order chi connectivity index (χ0) is 23.0. The fourth-order valence-electron chi connectivity index (χ4n) is 3.68. The van der Waals surface area contributed by atoms with Crippen molar-refractivity contribution < 1.29 is 4.79 Å². The van der Waals surface area contributed by atoms with Gasteiger partial charge in [-0.3, -0.25) is 4.79 Å². The molecule has 0 unspecified atom stereocenters. The number of rotatable bonds is 9. The standard InChI is InChI=1S/C27H29N5O/c1-3-32(4-2)19-18-25(33)28-21-14-16-22(17-15-21)29-27-23-12-8-9-13-24(23)30-26(31-27)20-10-6-5-7-11-20/h5-17H,3-4,18-19H2,1-2H3,(H,28,33)(H,29,30,31). The molecular weight excluding hydrogens is 410 g/mol. The van der Waals surface area contributed by atoms with Crippen LogP contribution in [-0.4, -0.2) is 40.4 Å². The van der Waals surface area contributed by atoms with Gasteiger partial charge in [0.1, 0.15) is 5.82 Å². The first kappa shape index (κ1) is 22.4. The van der Waals surface area contributed by atoms with Crippen molar-refractivity contribution >= 4 is 34.0 Å². The van der Waals surface area contributed by atoms with Crippen LogP contribution in [0.1, 0.15) is 20.3 Å². The Labute approximate surface area is 194 Å². The normalized spacial score (nSPS) is 11.0. The van der Waals surface area contributed by atoms with Crippen molar-refractivity contribution in [2.24, 2.45) is 0 Å². The summed E-state index contributed by atoms with van der Waals surface area (Å²) in [6.45, 7) is 6.89. The van der Waals surface area contributed by atoms with Gasteiger partial charge in [0.2, 0.25) is 5.91 Å². The smallest absolute Gasteiger partial charge is 0.225 e. The molecule has 168 valence electrons. The van der Waals surface area contributed by atoms with Crippen LogP contribution in [0.3, 0.4) is 0 Å². The number of fused-ring (bicyclic) bond motifs is 1. The topological polar surface area (TPSA) is 70.2 Å². The van der Waals surface area contributed by atoms with Crippen LogP contribution in [0, 0.1) is 0 Å². The van der Waals surface area contributed by atoms with Crippen molar-refractivity contribution in [1.29, 1.82) is 0 Å². The molecule has 4 rings (SSSR count). The highest BCUT2D eigenvalue weighted by Gasteiger charge is 2.10. The molecule has 3 aromatic carbocycles. The van der Waals surface area contributed by atoms with E-state index in [1.807, 2.05) is 78.9 Å². The predicted octanol–water partition coefficient (Wildman–Crippen LogP) is 5.71. The van der Waals surface area contributed by atoms with E-state index in [0.29, 0.717) is 12.2 Å². The number of carbonyl (C=O) groups excluding carboxylic acids is 1. The van der Waals surface area contributed by atoms with Gasteiger partial charge in [0.25, 0.3) is 0 Å². The molecule has 0 bridgehead atoms. The minimum absolute atomic E-state index is 0.0249. The number of para-hydroxylation sites is 1. The minimum atomic E-state index is 0.0249. The lowest BCUT2D eigenvalue weighted by molar-refractivity contribution is -0.116. The largest absolute Gasteiger partial charge is 0.340 e. The number of hydrogen-bond acceptors (Lipinski definition) is 5. The lowest BCUT2D eigenvalue weighted by Gasteiger charge is -2.17. The maximum atomic E-state index is 12.3. The number of hydrogen-bond donors (Lipinski definition) is 2. The summed E-state index contributed by atoms with van der Waals surface area (Å²) in [6.07, 6.45) is 0.483. The minimum Gasteiger partial charge on any atom is -0.340 e. The lowest BCUT2D eigenvalue weighted by Crippen LogP contribution is -2.27. The number of nitrogens with zero attached hydrogens (tertiary/aromatic N) is 3. The molecular formula is C27H29N5O. The summed E-state index contributed by atoms with van der Waals surface area (Å²) in [5.74, 6) is 1.45. The molecule has 1 aromatic heterocycles. The van der Waals surface area contributed by atoms with Crippen LogP contribution in [0.5, 0.6) is 0 Å². The first-order valence-electron chi connectivity index (χ1n) is 11.4. The van der Waals surface area contributed by atoms with E-state index in [2.05, 4.69) is 29.4 Å². The summed E-state index contributed by atoms with van der Waals surface area (Å²) in [6, 6.07) is 25.6. The Bertz CT molecular complexity index is 1200. The molecule has 0 fully saturated rings. The summed E-state index contributed by atoms with van der Waals surface area (Å²) in [5, 5.41) is 7.35. The van der Waals surface area contributed by atoms with Gasteiger partial charge in [-0.15, -0.1) is 0 Å². The van der Waals surface area contributed by atoms with Crippen LogP contribution in [0.4, 0.5) is 17.2 Å². The molecule has 0 saturated heterocycles. The van der Waals surface area contributed by atoms with Gasteiger partial charge in [-0.2, -0.15) is 0 Å². The molecule has 0 aliphatic heterocycles. The fraction of sp³-hybridized carbons (Fsp3) is 0.222. The van der Waals surface area contributed by atoms with E-state index in [1.165, 1.54) is 0 Å². The van der Waals surface area contributed by atoms with Gasteiger partial charge >= 0.3 is 0 Å². The molecule has 6 nitrogen and oxygen atoms in total. The second-order valence-electron chi connectivity index (χ2n) is 7.81. The Morgan fingerprint density at radius 2 is 1.48 bits per heavy atom. The second kappa shape index (κ2) is 10.7. The highest BCUT2D eigenvalue weighted by atomic mass is 16.1. The van der Waals surface area contributed by atoms with Gasteiger partial charge in [-0.1, -0.05) is 56.3 Å². The first-order chi connectivity index (χ1) is 16.2. The predicted molar refractivity (Wildman–Crippen MR) is 136 cm³/mol. The molecule has 0 atom stereocenters. The van der Waals surface area contributed by atoms with Crippen molar-refractivity contribution in [2.75, 3.05) is 30.3 Å². The molecule has 0 radical (unpaired) electrons. The van der Waals surface area contributed by atoms with Crippen molar-refractivity contribution in [1.82, 2.24) is 14.9 Å². The van der Waals surface area contributed by atoms with Crippen LogP contribution in [0.2, 0.25) is 0 Å². The molecule has 2 N–H and O–H groups in total. The highest BCUT2D eigenvalue weighted by molar-refractivity contribution is 5.93. The number of amides is 1. The summed E-state index contributed by atoms with van der Waals surface area (Å²) < 4.78 is 0. The van der Waals surface area contributed by atoms with E-state index < -0.39 is 0 Å². The van der Waals surface area contributed by atoms with Crippen LogP contribution >= 0.6 is 0 Å². The average molecular weight is 440 g/mol. The zero-order valence-electron chi connectivity index (χ0n) is 19.1. The van der Waals surface area contributed by atoms with Crippen LogP contribution in [0.15, 0.2) is 78.9 Å². The fourth-order valence-corrected chi connectivity index (χ4v) is 3.68. The number of carbonyl (C=O) groups is 1. The Morgan fingerprint density at radius 3 is 2.21 bits per heavy atom. The van der Waals surface area contributed by atoms with Crippen LogP contribution in [-0.2, 0) is 4.79 Å². The van der Waals surface area contributed by atoms with Gasteiger partial charge in [-0.05, 0) is 49.5 Å². The number of benzene rings is 3. The van der Waals surface area contributed by atoms with Gasteiger partial charge in [-0.25, -0.2) is 9.97 Å². The second-order valence-corrected chi connectivity index (χ2v) is 7.81. The molecule has 0 spiro atoms. The average Bonchev–Trinajstić information content (AvgIpc) is 2.86. The third kappa shape index (κ3) is 5.73. The van der Waals surface area contributed by atoms with Crippen molar-refractivity contribution in [3.63, 3.8) is 0 Å².